The molecule has 0 atom stereocenters. The SMILES string of the molecule is CCCCC(=O)O.CCCCCCCCCCN1C=CN(NC(C)=O)C1. The van der Waals surface area contributed by atoms with Crippen molar-refractivity contribution < 1.29 is 14.7 Å². The van der Waals surface area contributed by atoms with Gasteiger partial charge in [-0.2, -0.15) is 0 Å². The van der Waals surface area contributed by atoms with Crippen LogP contribution in [0.3, 0.4) is 0 Å². The molecule has 26 heavy (non-hydrogen) atoms. The zero-order valence-electron chi connectivity index (χ0n) is 17.0. The number of hydrazine groups is 1. The maximum Gasteiger partial charge on any atom is 0.303 e. The Hall–Kier alpha value is -1.72. The van der Waals surface area contributed by atoms with Crippen LogP contribution in [-0.4, -0.2) is 40.1 Å². The predicted molar refractivity (Wildman–Crippen MR) is 106 cm³/mol. The third-order valence-corrected chi connectivity index (χ3v) is 4.14. The third kappa shape index (κ3) is 15.8. The summed E-state index contributed by atoms with van der Waals surface area (Å²) in [5.74, 6) is -0.708. The van der Waals surface area contributed by atoms with Gasteiger partial charge in [0.2, 0.25) is 5.91 Å². The quantitative estimate of drug-likeness (QED) is 0.468. The minimum atomic E-state index is -0.693. The number of hydrogen-bond acceptors (Lipinski definition) is 4. The van der Waals surface area contributed by atoms with Crippen molar-refractivity contribution in [3.8, 4) is 0 Å². The molecule has 0 unspecified atom stereocenters. The van der Waals surface area contributed by atoms with Gasteiger partial charge in [0.05, 0.1) is 0 Å². The number of unbranched alkanes of at least 4 members (excludes halogenated alkanes) is 8. The Morgan fingerprint density at radius 1 is 0.923 bits per heavy atom. The second-order valence-corrected chi connectivity index (χ2v) is 6.86. The first-order valence-corrected chi connectivity index (χ1v) is 10.2. The Bertz CT molecular complexity index is 400. The number of rotatable bonds is 13. The topological polar surface area (TPSA) is 72.9 Å². The number of carboxylic acid groups (broad SMARTS) is 1. The molecule has 6 nitrogen and oxygen atoms in total. The molecular weight excluding hydrogens is 330 g/mol. The van der Waals surface area contributed by atoms with Crippen molar-refractivity contribution in [2.75, 3.05) is 13.2 Å². The van der Waals surface area contributed by atoms with Gasteiger partial charge < -0.3 is 10.0 Å². The van der Waals surface area contributed by atoms with E-state index in [1.165, 1.54) is 58.3 Å². The van der Waals surface area contributed by atoms with Crippen molar-refractivity contribution in [1.82, 2.24) is 15.3 Å². The number of aliphatic carboxylic acids is 1. The fraction of sp³-hybridized carbons (Fsp3) is 0.800. The molecule has 0 aromatic rings. The molecule has 0 radical (unpaired) electrons. The summed E-state index contributed by atoms with van der Waals surface area (Å²) in [6, 6.07) is 0. The van der Waals surface area contributed by atoms with Crippen LogP contribution in [0.15, 0.2) is 12.4 Å². The zero-order chi connectivity index (χ0) is 19.6. The lowest BCUT2D eigenvalue weighted by Crippen LogP contribution is -2.39. The summed E-state index contributed by atoms with van der Waals surface area (Å²) >= 11 is 0. The first-order valence-electron chi connectivity index (χ1n) is 10.2. The van der Waals surface area contributed by atoms with Crippen LogP contribution in [0.5, 0.6) is 0 Å². The molecule has 2 N–H and O–H groups in total. The molecule has 1 aliphatic rings. The molecule has 1 aliphatic heterocycles. The zero-order valence-corrected chi connectivity index (χ0v) is 17.0. The fourth-order valence-corrected chi connectivity index (χ4v) is 2.66. The highest BCUT2D eigenvalue weighted by molar-refractivity contribution is 5.72. The molecule has 0 bridgehead atoms. The Labute approximate surface area is 159 Å². The van der Waals surface area contributed by atoms with Crippen LogP contribution in [0.4, 0.5) is 0 Å². The first-order chi connectivity index (χ1) is 12.5. The lowest BCUT2D eigenvalue weighted by Gasteiger charge is -2.21. The van der Waals surface area contributed by atoms with Crippen LogP contribution in [0.1, 0.15) is 91.4 Å². The molecule has 0 spiro atoms. The maximum atomic E-state index is 10.9. The summed E-state index contributed by atoms with van der Waals surface area (Å²) in [6.45, 7) is 7.63. The van der Waals surface area contributed by atoms with Crippen molar-refractivity contribution in [1.29, 1.82) is 0 Å². The van der Waals surface area contributed by atoms with E-state index in [4.69, 9.17) is 5.11 Å². The van der Waals surface area contributed by atoms with E-state index in [0.29, 0.717) is 6.42 Å². The minimum absolute atomic E-state index is 0.0152. The van der Waals surface area contributed by atoms with E-state index in [1.807, 2.05) is 18.1 Å². The van der Waals surface area contributed by atoms with E-state index < -0.39 is 5.97 Å². The molecule has 0 fully saturated rings. The smallest absolute Gasteiger partial charge is 0.303 e. The van der Waals surface area contributed by atoms with Gasteiger partial charge in [-0.15, -0.1) is 0 Å². The van der Waals surface area contributed by atoms with Gasteiger partial charge in [-0.25, -0.2) is 0 Å². The average molecular weight is 370 g/mol. The number of carbonyl (C=O) groups excluding carboxylic acids is 1. The van der Waals surface area contributed by atoms with Gasteiger partial charge in [-0.1, -0.05) is 65.2 Å². The standard InChI is InChI=1S/C15H29N3O.C5H10O2/c1-3-4-5-6-7-8-9-10-11-17-12-13-18(14-17)16-15(2)19;1-2-3-4-5(6)7/h12-13H,3-11,14H2,1-2H3,(H,16,19);2-4H2,1H3,(H,6,7). The average Bonchev–Trinajstić information content (AvgIpc) is 3.02. The van der Waals surface area contributed by atoms with Crippen molar-refractivity contribution in [2.24, 2.45) is 0 Å². The summed E-state index contributed by atoms with van der Waals surface area (Å²) in [4.78, 5) is 22.9. The third-order valence-electron chi connectivity index (χ3n) is 4.14. The van der Waals surface area contributed by atoms with Crippen molar-refractivity contribution >= 4 is 11.9 Å². The van der Waals surface area contributed by atoms with E-state index in [1.54, 1.807) is 0 Å². The number of amides is 1. The van der Waals surface area contributed by atoms with Gasteiger partial charge in [0.1, 0.15) is 6.67 Å². The molecule has 0 aromatic heterocycles. The number of hydrogen-bond donors (Lipinski definition) is 2. The predicted octanol–water partition coefficient (Wildman–Crippen LogP) is 4.49. The van der Waals surface area contributed by atoms with Crippen LogP contribution in [0.2, 0.25) is 0 Å². The van der Waals surface area contributed by atoms with Gasteiger partial charge in [-0.3, -0.25) is 20.0 Å². The molecule has 0 aliphatic carbocycles. The van der Waals surface area contributed by atoms with Crippen molar-refractivity contribution in [2.45, 2.75) is 91.4 Å². The van der Waals surface area contributed by atoms with Crippen LogP contribution in [0.25, 0.3) is 0 Å². The van der Waals surface area contributed by atoms with Crippen molar-refractivity contribution in [3.63, 3.8) is 0 Å². The highest BCUT2D eigenvalue weighted by Crippen LogP contribution is 2.10. The number of nitrogens with one attached hydrogen (secondary N) is 1. The lowest BCUT2D eigenvalue weighted by molar-refractivity contribution is -0.137. The van der Waals surface area contributed by atoms with Gasteiger partial charge in [0, 0.05) is 32.3 Å². The van der Waals surface area contributed by atoms with E-state index in [2.05, 4.69) is 23.4 Å². The highest BCUT2D eigenvalue weighted by atomic mass is 16.4. The second kappa shape index (κ2) is 16.7. The van der Waals surface area contributed by atoms with Gasteiger partial charge in [0.25, 0.3) is 0 Å². The fourth-order valence-electron chi connectivity index (χ4n) is 2.66. The summed E-state index contributed by atoms with van der Waals surface area (Å²) < 4.78 is 0. The number of nitrogens with zero attached hydrogens (tertiary/aromatic N) is 2. The van der Waals surface area contributed by atoms with Gasteiger partial charge in [0.15, 0.2) is 0 Å². The van der Waals surface area contributed by atoms with Crippen LogP contribution < -0.4 is 5.43 Å². The Balaban J connectivity index is 0.000000758. The molecule has 1 rings (SSSR count). The molecule has 6 heteroatoms. The van der Waals surface area contributed by atoms with E-state index in [-0.39, 0.29) is 5.91 Å². The van der Waals surface area contributed by atoms with E-state index >= 15 is 0 Å². The monoisotopic (exact) mass is 369 g/mol. The Morgan fingerprint density at radius 2 is 1.50 bits per heavy atom. The summed E-state index contributed by atoms with van der Waals surface area (Å²) in [5.41, 5.74) is 2.77. The molecular formula is C20H39N3O3. The Morgan fingerprint density at radius 3 is 2.00 bits per heavy atom. The van der Waals surface area contributed by atoms with Gasteiger partial charge >= 0.3 is 5.97 Å². The van der Waals surface area contributed by atoms with Gasteiger partial charge in [-0.05, 0) is 12.8 Å². The van der Waals surface area contributed by atoms with Crippen LogP contribution >= 0.6 is 0 Å². The maximum absolute atomic E-state index is 10.9. The largest absolute Gasteiger partial charge is 0.481 e. The molecule has 0 saturated heterocycles. The van der Waals surface area contributed by atoms with Crippen molar-refractivity contribution in [3.05, 3.63) is 12.4 Å². The Kier molecular flexibility index (Phi) is 15.6. The summed E-state index contributed by atoms with van der Waals surface area (Å²) in [5, 5.41) is 9.87. The van der Waals surface area contributed by atoms with E-state index in [0.717, 1.165) is 26.1 Å². The number of carboxylic acids is 1. The summed E-state index contributed by atoms with van der Waals surface area (Å²) in [7, 11) is 0. The molecule has 1 amide bonds. The summed E-state index contributed by atoms with van der Waals surface area (Å²) in [6.07, 6.45) is 16.9. The lowest BCUT2D eigenvalue weighted by atomic mass is 10.1. The minimum Gasteiger partial charge on any atom is -0.481 e. The van der Waals surface area contributed by atoms with E-state index in [9.17, 15) is 9.59 Å². The molecule has 152 valence electrons. The molecule has 0 saturated carbocycles. The van der Waals surface area contributed by atoms with Crippen LogP contribution in [0, 0.1) is 0 Å². The normalized spacial score (nSPS) is 12.7. The highest BCUT2D eigenvalue weighted by Gasteiger charge is 2.11. The second-order valence-electron chi connectivity index (χ2n) is 6.86. The molecule has 1 heterocycles. The van der Waals surface area contributed by atoms with Crippen LogP contribution in [-0.2, 0) is 9.59 Å². The first kappa shape index (κ1) is 24.3. The molecule has 0 aromatic carbocycles. The number of carbonyl (C=O) groups is 2.